The molecule has 0 aliphatic heterocycles. The number of hydrogen-bond donors (Lipinski definition) is 1. The number of nitrogens with two attached hydrogens (primary N) is 1. The van der Waals surface area contributed by atoms with Gasteiger partial charge in [-0.3, -0.25) is 0 Å². The van der Waals surface area contributed by atoms with Gasteiger partial charge in [0, 0.05) is 5.39 Å². The molecule has 4 heteroatoms. The molecule has 1 aromatic carbocycles. The Morgan fingerprint density at radius 3 is 3.00 bits per heavy atom. The molecule has 0 atom stereocenters. The van der Waals surface area contributed by atoms with Gasteiger partial charge in [-0.2, -0.15) is 5.26 Å². The second-order valence-corrected chi connectivity index (χ2v) is 3.74. The average Bonchev–Trinajstić information content (AvgIpc) is 2.66. The van der Waals surface area contributed by atoms with E-state index < -0.39 is 0 Å². The molecule has 1 aromatic heterocycles. The van der Waals surface area contributed by atoms with Crippen LogP contribution in [0.2, 0.25) is 0 Å². The maximum atomic E-state index is 8.89. The highest BCUT2D eigenvalue weighted by molar-refractivity contribution is 7.17. The summed E-state index contributed by atoms with van der Waals surface area (Å²) < 4.78 is 6.16. The Morgan fingerprint density at radius 1 is 1.57 bits per heavy atom. The molecule has 2 aromatic rings. The summed E-state index contributed by atoms with van der Waals surface area (Å²) in [5, 5.41) is 11.7. The zero-order valence-corrected chi connectivity index (χ0v) is 8.39. The molecule has 0 aliphatic rings. The fourth-order valence-corrected chi connectivity index (χ4v) is 2.27. The van der Waals surface area contributed by atoms with E-state index in [1.54, 1.807) is 24.5 Å². The quantitative estimate of drug-likeness (QED) is 0.725. The number of hydrogen-bond acceptors (Lipinski definition) is 4. The van der Waals surface area contributed by atoms with Crippen molar-refractivity contribution in [3.8, 4) is 11.8 Å². The number of methoxy groups -OCH3 is 1. The third kappa shape index (κ3) is 1.10. The Hall–Kier alpha value is -1.73. The Kier molecular flexibility index (Phi) is 2.02. The van der Waals surface area contributed by atoms with Crippen molar-refractivity contribution in [3.05, 3.63) is 23.1 Å². The molecule has 70 valence electrons. The Balaban J connectivity index is 2.90. The summed E-state index contributed by atoms with van der Waals surface area (Å²) in [4.78, 5) is 0. The van der Waals surface area contributed by atoms with Gasteiger partial charge in [0.1, 0.15) is 11.8 Å². The van der Waals surface area contributed by atoms with E-state index in [2.05, 4.69) is 6.07 Å². The molecule has 2 rings (SSSR count). The third-order valence-corrected chi connectivity index (χ3v) is 3.00. The van der Waals surface area contributed by atoms with Crippen molar-refractivity contribution >= 4 is 27.1 Å². The van der Waals surface area contributed by atoms with Crippen LogP contribution in [0.4, 0.5) is 5.69 Å². The molecule has 0 saturated carbocycles. The van der Waals surface area contributed by atoms with Crippen molar-refractivity contribution in [1.29, 1.82) is 5.26 Å². The van der Waals surface area contributed by atoms with Gasteiger partial charge in [0.15, 0.2) is 0 Å². The summed E-state index contributed by atoms with van der Waals surface area (Å²) in [5.41, 5.74) is 6.92. The first kappa shape index (κ1) is 8.85. The van der Waals surface area contributed by atoms with Crippen LogP contribution in [0.5, 0.6) is 5.75 Å². The first-order valence-corrected chi connectivity index (χ1v) is 4.89. The van der Waals surface area contributed by atoms with Crippen molar-refractivity contribution in [2.24, 2.45) is 0 Å². The number of nitrogen functional groups attached to an aromatic ring is 1. The number of benzene rings is 1. The molecule has 0 fully saturated rings. The summed E-state index contributed by atoms with van der Waals surface area (Å²) >= 11 is 1.55. The zero-order chi connectivity index (χ0) is 10.1. The Morgan fingerprint density at radius 2 is 2.36 bits per heavy atom. The van der Waals surface area contributed by atoms with Gasteiger partial charge in [0.2, 0.25) is 0 Å². The first-order chi connectivity index (χ1) is 6.77. The molecule has 14 heavy (non-hydrogen) atoms. The molecular weight excluding hydrogens is 196 g/mol. The second-order valence-electron chi connectivity index (χ2n) is 2.82. The molecule has 1 heterocycles. The topological polar surface area (TPSA) is 59.0 Å². The summed E-state index contributed by atoms with van der Waals surface area (Å²) in [6.07, 6.45) is 0. The van der Waals surface area contributed by atoms with Crippen molar-refractivity contribution in [2.75, 3.05) is 12.8 Å². The van der Waals surface area contributed by atoms with Crippen LogP contribution in [0.15, 0.2) is 17.5 Å². The summed E-state index contributed by atoms with van der Waals surface area (Å²) in [6, 6.07) is 5.63. The Bertz CT molecular complexity index is 525. The van der Waals surface area contributed by atoms with Gasteiger partial charge >= 0.3 is 0 Å². The SMILES string of the molecule is COc1c(C#N)cc(N)c2sccc12. The van der Waals surface area contributed by atoms with Gasteiger partial charge in [-0.1, -0.05) is 0 Å². The number of nitrogens with zero attached hydrogens (tertiary/aromatic N) is 1. The Labute approximate surface area is 85.3 Å². The number of anilines is 1. The fourth-order valence-electron chi connectivity index (χ4n) is 1.45. The predicted molar refractivity (Wildman–Crippen MR) is 57.5 cm³/mol. The van der Waals surface area contributed by atoms with E-state index in [9.17, 15) is 0 Å². The summed E-state index contributed by atoms with van der Waals surface area (Å²) in [5.74, 6) is 0.609. The highest BCUT2D eigenvalue weighted by Crippen LogP contribution is 2.36. The zero-order valence-electron chi connectivity index (χ0n) is 7.57. The van der Waals surface area contributed by atoms with Gasteiger partial charge in [0.05, 0.1) is 23.1 Å². The molecule has 0 saturated heterocycles. The van der Waals surface area contributed by atoms with E-state index in [-0.39, 0.29) is 0 Å². The van der Waals surface area contributed by atoms with E-state index in [1.807, 2.05) is 11.4 Å². The monoisotopic (exact) mass is 204 g/mol. The number of thiophene rings is 1. The molecule has 3 nitrogen and oxygen atoms in total. The predicted octanol–water partition coefficient (Wildman–Crippen LogP) is 2.36. The van der Waals surface area contributed by atoms with Crippen LogP contribution >= 0.6 is 11.3 Å². The van der Waals surface area contributed by atoms with E-state index in [1.165, 1.54) is 0 Å². The maximum absolute atomic E-state index is 8.89. The molecular formula is C10H8N2OS. The highest BCUT2D eigenvalue weighted by atomic mass is 32.1. The van der Waals surface area contributed by atoms with Crippen molar-refractivity contribution in [1.82, 2.24) is 0 Å². The van der Waals surface area contributed by atoms with Gasteiger partial charge in [0.25, 0.3) is 0 Å². The van der Waals surface area contributed by atoms with Crippen LogP contribution < -0.4 is 10.5 Å². The molecule has 2 N–H and O–H groups in total. The van der Waals surface area contributed by atoms with Crippen LogP contribution in [-0.2, 0) is 0 Å². The van der Waals surface area contributed by atoms with Crippen molar-refractivity contribution < 1.29 is 4.74 Å². The molecule has 0 aliphatic carbocycles. The molecule has 0 radical (unpaired) electrons. The minimum atomic E-state index is 0.482. The van der Waals surface area contributed by atoms with E-state index in [4.69, 9.17) is 15.7 Å². The normalized spacial score (nSPS) is 10.0. The number of nitriles is 1. The van der Waals surface area contributed by atoms with Crippen LogP contribution in [0.1, 0.15) is 5.56 Å². The van der Waals surface area contributed by atoms with E-state index in [0.29, 0.717) is 17.0 Å². The smallest absolute Gasteiger partial charge is 0.145 e. The molecule has 0 spiro atoms. The maximum Gasteiger partial charge on any atom is 0.145 e. The largest absolute Gasteiger partial charge is 0.495 e. The van der Waals surface area contributed by atoms with Crippen molar-refractivity contribution in [3.63, 3.8) is 0 Å². The van der Waals surface area contributed by atoms with Crippen LogP contribution in [0, 0.1) is 11.3 Å². The third-order valence-electron chi connectivity index (χ3n) is 2.04. The number of ether oxygens (including phenoxy) is 1. The highest BCUT2D eigenvalue weighted by Gasteiger charge is 2.11. The van der Waals surface area contributed by atoms with Crippen LogP contribution in [-0.4, -0.2) is 7.11 Å². The minimum absolute atomic E-state index is 0.482. The lowest BCUT2D eigenvalue weighted by Gasteiger charge is -2.05. The second kappa shape index (κ2) is 3.20. The molecule has 0 bridgehead atoms. The standard InChI is InChI=1S/C10H8N2OS/c1-13-9-6(5-11)4-8(12)10-7(9)2-3-14-10/h2-4H,12H2,1H3. The van der Waals surface area contributed by atoms with E-state index in [0.717, 1.165) is 10.1 Å². The van der Waals surface area contributed by atoms with Crippen LogP contribution in [0.25, 0.3) is 10.1 Å². The lowest BCUT2D eigenvalue weighted by atomic mass is 10.1. The van der Waals surface area contributed by atoms with Gasteiger partial charge in [-0.25, -0.2) is 0 Å². The molecule has 0 unspecified atom stereocenters. The van der Waals surface area contributed by atoms with Crippen LogP contribution in [0.3, 0.4) is 0 Å². The van der Waals surface area contributed by atoms with Gasteiger partial charge < -0.3 is 10.5 Å². The lowest BCUT2D eigenvalue weighted by molar-refractivity contribution is 0.418. The van der Waals surface area contributed by atoms with E-state index >= 15 is 0 Å². The van der Waals surface area contributed by atoms with Gasteiger partial charge in [-0.15, -0.1) is 11.3 Å². The minimum Gasteiger partial charge on any atom is -0.495 e. The number of rotatable bonds is 1. The van der Waals surface area contributed by atoms with Gasteiger partial charge in [-0.05, 0) is 17.5 Å². The van der Waals surface area contributed by atoms with Crippen molar-refractivity contribution in [2.45, 2.75) is 0 Å². The lowest BCUT2D eigenvalue weighted by Crippen LogP contribution is -1.92. The fraction of sp³-hybridized carbons (Fsp3) is 0.100. The first-order valence-electron chi connectivity index (χ1n) is 4.01. The molecule has 0 amide bonds. The average molecular weight is 204 g/mol. The summed E-state index contributed by atoms with van der Waals surface area (Å²) in [6.45, 7) is 0. The number of fused-ring (bicyclic) bond motifs is 1. The summed E-state index contributed by atoms with van der Waals surface area (Å²) in [7, 11) is 1.56.